The van der Waals surface area contributed by atoms with Crippen molar-refractivity contribution in [3.05, 3.63) is 42.2 Å². The molecule has 0 aliphatic rings. The van der Waals surface area contributed by atoms with E-state index in [0.717, 1.165) is 24.3 Å². The molecule has 1 aromatic heterocycles. The molecular weight excluding hydrogens is 242 g/mol. The molecule has 0 amide bonds. The summed E-state index contributed by atoms with van der Waals surface area (Å²) in [5, 5.41) is 9.37. The largest absolute Gasteiger partial charge is 0.478 e. The highest BCUT2D eigenvalue weighted by Gasteiger charge is 2.16. The number of carboxylic acid groups (broad SMARTS) is 1. The van der Waals surface area contributed by atoms with Crippen LogP contribution in [-0.2, 0) is 0 Å². The molecule has 1 aromatic carbocycles. The van der Waals surface area contributed by atoms with Crippen LogP contribution in [0.5, 0.6) is 0 Å². The van der Waals surface area contributed by atoms with Crippen molar-refractivity contribution in [2.75, 3.05) is 18.0 Å². The Bertz CT molecular complexity index is 557. The van der Waals surface area contributed by atoms with Crippen molar-refractivity contribution in [1.82, 2.24) is 0 Å². The lowest BCUT2D eigenvalue weighted by Gasteiger charge is -2.23. The first-order valence-corrected chi connectivity index (χ1v) is 6.33. The van der Waals surface area contributed by atoms with Gasteiger partial charge in [-0.05, 0) is 44.2 Å². The van der Waals surface area contributed by atoms with Gasteiger partial charge in [0.25, 0.3) is 0 Å². The zero-order chi connectivity index (χ0) is 13.8. The summed E-state index contributed by atoms with van der Waals surface area (Å²) in [5.74, 6) is -0.246. The minimum Gasteiger partial charge on any atom is -0.478 e. The predicted molar refractivity (Wildman–Crippen MR) is 74.7 cm³/mol. The maximum atomic E-state index is 11.4. The average Bonchev–Trinajstić information content (AvgIpc) is 2.94. The molecule has 2 aromatic rings. The third-order valence-corrected chi connectivity index (χ3v) is 3.14. The molecule has 0 spiro atoms. The zero-order valence-electron chi connectivity index (χ0n) is 11.1. The van der Waals surface area contributed by atoms with E-state index in [1.807, 2.05) is 36.9 Å². The SMILES string of the molecule is CCN(CC)c1ccc(-c2ccco2)cc1C(=O)O. The van der Waals surface area contributed by atoms with Gasteiger partial charge in [-0.1, -0.05) is 0 Å². The number of carbonyl (C=O) groups is 1. The van der Waals surface area contributed by atoms with E-state index in [1.165, 1.54) is 0 Å². The number of hydrogen-bond donors (Lipinski definition) is 1. The van der Waals surface area contributed by atoms with Crippen molar-refractivity contribution in [3.63, 3.8) is 0 Å². The van der Waals surface area contributed by atoms with E-state index < -0.39 is 5.97 Å². The van der Waals surface area contributed by atoms with E-state index in [-0.39, 0.29) is 0 Å². The third-order valence-electron chi connectivity index (χ3n) is 3.14. The van der Waals surface area contributed by atoms with Gasteiger partial charge in [-0.2, -0.15) is 0 Å². The number of nitrogens with zero attached hydrogens (tertiary/aromatic N) is 1. The van der Waals surface area contributed by atoms with E-state index in [0.29, 0.717) is 11.3 Å². The topological polar surface area (TPSA) is 53.7 Å². The lowest BCUT2D eigenvalue weighted by Crippen LogP contribution is -2.24. The summed E-state index contributed by atoms with van der Waals surface area (Å²) >= 11 is 0. The van der Waals surface area contributed by atoms with Gasteiger partial charge in [-0.15, -0.1) is 0 Å². The van der Waals surface area contributed by atoms with Gasteiger partial charge < -0.3 is 14.4 Å². The summed E-state index contributed by atoms with van der Waals surface area (Å²) in [6.45, 7) is 5.57. The number of benzene rings is 1. The van der Waals surface area contributed by atoms with E-state index in [9.17, 15) is 9.90 Å². The third kappa shape index (κ3) is 2.62. The second kappa shape index (κ2) is 5.61. The monoisotopic (exact) mass is 259 g/mol. The quantitative estimate of drug-likeness (QED) is 0.893. The van der Waals surface area contributed by atoms with Crippen LogP contribution in [-0.4, -0.2) is 24.2 Å². The molecule has 4 heteroatoms. The fourth-order valence-electron chi connectivity index (χ4n) is 2.14. The summed E-state index contributed by atoms with van der Waals surface area (Å²) in [6, 6.07) is 8.99. The highest BCUT2D eigenvalue weighted by molar-refractivity contribution is 5.96. The van der Waals surface area contributed by atoms with Crippen molar-refractivity contribution >= 4 is 11.7 Å². The molecule has 1 heterocycles. The van der Waals surface area contributed by atoms with Crippen molar-refractivity contribution < 1.29 is 14.3 Å². The highest BCUT2D eigenvalue weighted by atomic mass is 16.4. The van der Waals surface area contributed by atoms with Gasteiger partial charge in [0, 0.05) is 18.7 Å². The molecule has 0 aliphatic carbocycles. The second-order valence-electron chi connectivity index (χ2n) is 4.19. The molecule has 0 bridgehead atoms. The summed E-state index contributed by atoms with van der Waals surface area (Å²) in [5.41, 5.74) is 1.82. The Morgan fingerprint density at radius 3 is 2.53 bits per heavy atom. The van der Waals surface area contributed by atoms with Crippen molar-refractivity contribution in [2.24, 2.45) is 0 Å². The van der Waals surface area contributed by atoms with Crippen LogP contribution in [0.4, 0.5) is 5.69 Å². The highest BCUT2D eigenvalue weighted by Crippen LogP contribution is 2.28. The van der Waals surface area contributed by atoms with Gasteiger partial charge in [0.2, 0.25) is 0 Å². The molecule has 0 aliphatic heterocycles. The number of hydrogen-bond acceptors (Lipinski definition) is 3. The van der Waals surface area contributed by atoms with Crippen molar-refractivity contribution in [3.8, 4) is 11.3 Å². The van der Waals surface area contributed by atoms with E-state index in [4.69, 9.17) is 4.42 Å². The molecule has 0 saturated carbocycles. The average molecular weight is 259 g/mol. The van der Waals surface area contributed by atoms with Crippen LogP contribution in [0.3, 0.4) is 0 Å². The smallest absolute Gasteiger partial charge is 0.337 e. The Morgan fingerprint density at radius 1 is 1.26 bits per heavy atom. The van der Waals surface area contributed by atoms with E-state index in [1.54, 1.807) is 18.4 Å². The molecule has 4 nitrogen and oxygen atoms in total. The van der Waals surface area contributed by atoms with Gasteiger partial charge in [0.15, 0.2) is 0 Å². The summed E-state index contributed by atoms with van der Waals surface area (Å²) < 4.78 is 5.30. The normalized spacial score (nSPS) is 10.4. The van der Waals surface area contributed by atoms with Crippen LogP contribution in [0.15, 0.2) is 41.0 Å². The van der Waals surface area contributed by atoms with E-state index in [2.05, 4.69) is 0 Å². The molecule has 1 N–H and O–H groups in total. The lowest BCUT2D eigenvalue weighted by atomic mass is 10.1. The second-order valence-corrected chi connectivity index (χ2v) is 4.19. The van der Waals surface area contributed by atoms with Crippen LogP contribution in [0, 0.1) is 0 Å². The number of rotatable bonds is 5. The summed E-state index contributed by atoms with van der Waals surface area (Å²) in [7, 11) is 0. The minimum atomic E-state index is -0.921. The standard InChI is InChI=1S/C15H17NO3/c1-3-16(4-2)13-8-7-11(10-12(13)15(17)18)14-6-5-9-19-14/h5-10H,3-4H2,1-2H3,(H,17,18). The first-order chi connectivity index (χ1) is 9.17. The maximum Gasteiger partial charge on any atom is 0.337 e. The van der Waals surface area contributed by atoms with Crippen LogP contribution in [0.2, 0.25) is 0 Å². The van der Waals surface area contributed by atoms with Gasteiger partial charge in [-0.3, -0.25) is 0 Å². The molecule has 2 rings (SSSR count). The molecule has 0 fully saturated rings. The maximum absolute atomic E-state index is 11.4. The summed E-state index contributed by atoms with van der Waals surface area (Å²) in [6.07, 6.45) is 1.58. The number of carboxylic acids is 1. The number of furan rings is 1. The van der Waals surface area contributed by atoms with Gasteiger partial charge in [0.1, 0.15) is 5.76 Å². The fourth-order valence-corrected chi connectivity index (χ4v) is 2.14. The zero-order valence-corrected chi connectivity index (χ0v) is 11.1. The predicted octanol–water partition coefficient (Wildman–Crippen LogP) is 3.49. The lowest BCUT2D eigenvalue weighted by molar-refractivity contribution is 0.0697. The Balaban J connectivity index is 2.49. The number of aromatic carboxylic acids is 1. The van der Waals surface area contributed by atoms with Crippen molar-refractivity contribution in [2.45, 2.75) is 13.8 Å². The van der Waals surface area contributed by atoms with Gasteiger partial charge in [-0.25, -0.2) is 4.79 Å². The Labute approximate surface area is 112 Å². The van der Waals surface area contributed by atoms with Crippen LogP contribution >= 0.6 is 0 Å². The summed E-state index contributed by atoms with van der Waals surface area (Å²) in [4.78, 5) is 13.4. The molecule has 0 unspecified atom stereocenters. The van der Waals surface area contributed by atoms with Gasteiger partial charge in [0.05, 0.1) is 17.5 Å². The molecule has 0 atom stereocenters. The van der Waals surface area contributed by atoms with Crippen LogP contribution in [0.1, 0.15) is 24.2 Å². The van der Waals surface area contributed by atoms with Crippen LogP contribution < -0.4 is 4.90 Å². The van der Waals surface area contributed by atoms with Crippen molar-refractivity contribution in [1.29, 1.82) is 0 Å². The Hall–Kier alpha value is -2.23. The Morgan fingerprint density at radius 2 is 2.00 bits per heavy atom. The molecular formula is C15H17NO3. The fraction of sp³-hybridized carbons (Fsp3) is 0.267. The Kier molecular flexibility index (Phi) is 3.90. The van der Waals surface area contributed by atoms with Gasteiger partial charge >= 0.3 is 5.97 Å². The number of anilines is 1. The first-order valence-electron chi connectivity index (χ1n) is 6.33. The molecule has 0 radical (unpaired) electrons. The van der Waals surface area contributed by atoms with Crippen LogP contribution in [0.25, 0.3) is 11.3 Å². The molecule has 19 heavy (non-hydrogen) atoms. The molecule has 100 valence electrons. The minimum absolute atomic E-state index is 0.303. The molecule has 0 saturated heterocycles. The first kappa shape index (κ1) is 13.2. The van der Waals surface area contributed by atoms with E-state index >= 15 is 0 Å².